The lowest BCUT2D eigenvalue weighted by atomic mass is 10.3. The maximum absolute atomic E-state index is 9.02. The summed E-state index contributed by atoms with van der Waals surface area (Å²) >= 11 is 0. The lowest BCUT2D eigenvalue weighted by molar-refractivity contribution is 0.188. The molecule has 0 aromatic carbocycles. The molecule has 0 amide bonds. The number of hydrogen-bond acceptors (Lipinski definition) is 5. The molecule has 74 valence electrons. The summed E-state index contributed by atoms with van der Waals surface area (Å²) in [5, 5.41) is 20.6. The number of rotatable bonds is 4. The molecular weight excluding hydrogens is 180 g/mol. The van der Waals surface area contributed by atoms with Gasteiger partial charge in [-0.15, -0.1) is 0 Å². The van der Waals surface area contributed by atoms with Crippen LogP contribution in [0.25, 0.3) is 0 Å². The van der Waals surface area contributed by atoms with Gasteiger partial charge in [-0.25, -0.2) is 9.97 Å². The van der Waals surface area contributed by atoms with Gasteiger partial charge in [0.25, 0.3) is 0 Å². The Morgan fingerprint density at radius 3 is 2.93 bits per heavy atom. The second kappa shape index (κ2) is 5.14. The SMILES string of the molecule is CC(O)CCNc1nccnc1C#N. The summed E-state index contributed by atoms with van der Waals surface area (Å²) in [6.07, 6.45) is 3.25. The Morgan fingerprint density at radius 2 is 2.29 bits per heavy atom. The molecule has 1 atom stereocenters. The van der Waals surface area contributed by atoms with Gasteiger partial charge < -0.3 is 10.4 Å². The second-order valence-corrected chi connectivity index (χ2v) is 2.93. The lowest BCUT2D eigenvalue weighted by Gasteiger charge is -2.07. The highest BCUT2D eigenvalue weighted by molar-refractivity contribution is 5.46. The first-order chi connectivity index (χ1) is 6.74. The first kappa shape index (κ1) is 10.4. The van der Waals surface area contributed by atoms with E-state index in [9.17, 15) is 0 Å². The van der Waals surface area contributed by atoms with Crippen LogP contribution in [-0.4, -0.2) is 27.7 Å². The van der Waals surface area contributed by atoms with Crippen LogP contribution in [0.15, 0.2) is 12.4 Å². The normalized spacial score (nSPS) is 11.8. The van der Waals surface area contributed by atoms with E-state index >= 15 is 0 Å². The molecule has 1 aromatic heterocycles. The zero-order valence-electron chi connectivity index (χ0n) is 7.94. The van der Waals surface area contributed by atoms with Crippen molar-refractivity contribution in [2.75, 3.05) is 11.9 Å². The highest BCUT2D eigenvalue weighted by atomic mass is 16.3. The molecule has 2 N–H and O–H groups in total. The highest BCUT2D eigenvalue weighted by Crippen LogP contribution is 2.06. The largest absolute Gasteiger partial charge is 0.393 e. The molecule has 1 rings (SSSR count). The Balaban J connectivity index is 2.54. The predicted molar refractivity (Wildman–Crippen MR) is 51.5 cm³/mol. The van der Waals surface area contributed by atoms with Crippen LogP contribution in [0, 0.1) is 11.3 Å². The number of anilines is 1. The molecule has 0 bridgehead atoms. The monoisotopic (exact) mass is 192 g/mol. The molecule has 14 heavy (non-hydrogen) atoms. The van der Waals surface area contributed by atoms with Crippen LogP contribution in [0.4, 0.5) is 5.82 Å². The molecule has 0 aliphatic carbocycles. The van der Waals surface area contributed by atoms with E-state index in [2.05, 4.69) is 15.3 Å². The highest BCUT2D eigenvalue weighted by Gasteiger charge is 2.03. The smallest absolute Gasteiger partial charge is 0.182 e. The molecule has 0 fully saturated rings. The fraction of sp³-hybridized carbons (Fsp3) is 0.444. The minimum atomic E-state index is -0.357. The molecule has 0 aliphatic rings. The number of aromatic nitrogens is 2. The summed E-state index contributed by atoms with van der Waals surface area (Å²) in [6, 6.07) is 1.94. The fourth-order valence-corrected chi connectivity index (χ4v) is 0.949. The van der Waals surface area contributed by atoms with Crippen LogP contribution in [0.5, 0.6) is 0 Å². The van der Waals surface area contributed by atoms with Gasteiger partial charge in [-0.05, 0) is 13.3 Å². The Morgan fingerprint density at radius 1 is 1.57 bits per heavy atom. The van der Waals surface area contributed by atoms with Crippen molar-refractivity contribution < 1.29 is 5.11 Å². The van der Waals surface area contributed by atoms with Gasteiger partial charge in [0, 0.05) is 18.9 Å². The van der Waals surface area contributed by atoms with Crippen LogP contribution in [0.3, 0.4) is 0 Å². The predicted octanol–water partition coefficient (Wildman–Crippen LogP) is 0.531. The van der Waals surface area contributed by atoms with Crippen molar-refractivity contribution in [3.8, 4) is 6.07 Å². The van der Waals surface area contributed by atoms with E-state index in [1.807, 2.05) is 6.07 Å². The van der Waals surface area contributed by atoms with Crippen LogP contribution >= 0.6 is 0 Å². The quantitative estimate of drug-likeness (QED) is 0.727. The maximum atomic E-state index is 9.02. The van der Waals surface area contributed by atoms with E-state index in [-0.39, 0.29) is 11.8 Å². The first-order valence-electron chi connectivity index (χ1n) is 4.37. The van der Waals surface area contributed by atoms with Gasteiger partial charge in [0.05, 0.1) is 6.10 Å². The fourth-order valence-electron chi connectivity index (χ4n) is 0.949. The number of nitrogens with one attached hydrogen (secondary N) is 1. The van der Waals surface area contributed by atoms with Crippen molar-refractivity contribution in [2.24, 2.45) is 0 Å². The van der Waals surface area contributed by atoms with Crippen LogP contribution in [0.1, 0.15) is 19.0 Å². The molecule has 1 unspecified atom stereocenters. The Bertz CT molecular complexity index is 332. The third kappa shape index (κ3) is 2.99. The van der Waals surface area contributed by atoms with Crippen molar-refractivity contribution in [3.05, 3.63) is 18.1 Å². The number of nitrogens with zero attached hydrogens (tertiary/aromatic N) is 3. The third-order valence-electron chi connectivity index (χ3n) is 1.66. The molecule has 0 radical (unpaired) electrons. The minimum absolute atomic E-state index is 0.276. The molecule has 5 heteroatoms. The van der Waals surface area contributed by atoms with Gasteiger partial charge in [-0.1, -0.05) is 0 Å². The van der Waals surface area contributed by atoms with Gasteiger partial charge in [0.2, 0.25) is 0 Å². The molecule has 0 spiro atoms. The van der Waals surface area contributed by atoms with Crippen LogP contribution in [0.2, 0.25) is 0 Å². The van der Waals surface area contributed by atoms with E-state index in [0.29, 0.717) is 18.8 Å². The van der Waals surface area contributed by atoms with Crippen molar-refractivity contribution in [1.29, 1.82) is 5.26 Å². The molecule has 0 saturated heterocycles. The summed E-state index contributed by atoms with van der Waals surface area (Å²) in [7, 11) is 0. The third-order valence-corrected chi connectivity index (χ3v) is 1.66. The lowest BCUT2D eigenvalue weighted by Crippen LogP contribution is -2.11. The first-order valence-corrected chi connectivity index (χ1v) is 4.37. The van der Waals surface area contributed by atoms with E-state index in [1.165, 1.54) is 12.4 Å². The van der Waals surface area contributed by atoms with E-state index in [4.69, 9.17) is 10.4 Å². The van der Waals surface area contributed by atoms with E-state index < -0.39 is 0 Å². The molecular formula is C9H12N4O. The van der Waals surface area contributed by atoms with E-state index in [1.54, 1.807) is 6.92 Å². The van der Waals surface area contributed by atoms with Gasteiger partial charge in [-0.2, -0.15) is 5.26 Å². The molecule has 0 aliphatic heterocycles. The summed E-state index contributed by atoms with van der Waals surface area (Å²) in [6.45, 7) is 2.29. The summed E-state index contributed by atoms with van der Waals surface area (Å²) in [4.78, 5) is 7.81. The van der Waals surface area contributed by atoms with Gasteiger partial charge >= 0.3 is 0 Å². The molecule has 1 aromatic rings. The maximum Gasteiger partial charge on any atom is 0.182 e. The zero-order valence-corrected chi connectivity index (χ0v) is 7.94. The average molecular weight is 192 g/mol. The Labute approximate surface area is 82.4 Å². The summed E-state index contributed by atoms with van der Waals surface area (Å²) < 4.78 is 0. The van der Waals surface area contributed by atoms with Crippen molar-refractivity contribution >= 4 is 5.82 Å². The summed E-state index contributed by atoms with van der Waals surface area (Å²) in [5.74, 6) is 0.468. The van der Waals surface area contributed by atoms with Gasteiger partial charge in [-0.3, -0.25) is 0 Å². The number of aliphatic hydroxyl groups is 1. The molecule has 5 nitrogen and oxygen atoms in total. The van der Waals surface area contributed by atoms with Gasteiger partial charge in [0.1, 0.15) is 6.07 Å². The Kier molecular flexibility index (Phi) is 3.83. The minimum Gasteiger partial charge on any atom is -0.393 e. The van der Waals surface area contributed by atoms with E-state index in [0.717, 1.165) is 0 Å². The Hall–Kier alpha value is -1.67. The topological polar surface area (TPSA) is 81.8 Å². The summed E-state index contributed by atoms with van der Waals surface area (Å²) in [5.41, 5.74) is 0.276. The average Bonchev–Trinajstić information content (AvgIpc) is 2.18. The second-order valence-electron chi connectivity index (χ2n) is 2.93. The van der Waals surface area contributed by atoms with Gasteiger partial charge in [0.15, 0.2) is 11.5 Å². The number of nitriles is 1. The van der Waals surface area contributed by atoms with Crippen molar-refractivity contribution in [2.45, 2.75) is 19.4 Å². The van der Waals surface area contributed by atoms with Crippen LogP contribution in [-0.2, 0) is 0 Å². The number of aliphatic hydroxyl groups excluding tert-OH is 1. The van der Waals surface area contributed by atoms with Crippen LogP contribution < -0.4 is 5.32 Å². The zero-order chi connectivity index (χ0) is 10.4. The molecule has 0 saturated carbocycles. The number of hydrogen-bond donors (Lipinski definition) is 2. The standard InChI is InChI=1S/C9H12N4O/c1-7(14)2-3-12-9-8(6-10)11-4-5-13-9/h4-5,7,14H,2-3H2,1H3,(H,12,13). The van der Waals surface area contributed by atoms with Crippen molar-refractivity contribution in [1.82, 2.24) is 9.97 Å². The molecule has 1 heterocycles. The van der Waals surface area contributed by atoms with Crippen molar-refractivity contribution in [3.63, 3.8) is 0 Å².